The predicted molar refractivity (Wildman–Crippen MR) is 172 cm³/mol. The van der Waals surface area contributed by atoms with Gasteiger partial charge in [-0.05, 0) is 87.5 Å². The molecule has 1 heterocycles. The molecule has 0 aromatic heterocycles. The van der Waals surface area contributed by atoms with E-state index in [1.807, 2.05) is 24.3 Å². The fourth-order valence-corrected chi connectivity index (χ4v) is 5.25. The first-order valence-corrected chi connectivity index (χ1v) is 14.6. The Hall–Kier alpha value is -4.47. The zero-order chi connectivity index (χ0) is 31.2. The van der Waals surface area contributed by atoms with Crippen LogP contribution in [0.15, 0.2) is 84.9 Å². The summed E-state index contributed by atoms with van der Waals surface area (Å²) in [6.07, 6.45) is 4.57. The molecular weight excluding hydrogens is 560 g/mol. The summed E-state index contributed by atoms with van der Waals surface area (Å²) in [5.74, 6) is -0.611. The number of nitrogens with one attached hydrogen (secondary N) is 1. The molecule has 0 bridgehead atoms. The molecule has 0 saturated carbocycles. The number of rotatable bonds is 11. The molecule has 4 rings (SSSR count). The van der Waals surface area contributed by atoms with Gasteiger partial charge in [-0.25, -0.2) is 9.59 Å². The average molecular weight is 605 g/mol. The van der Waals surface area contributed by atoms with Crippen molar-refractivity contribution >= 4 is 23.5 Å². The lowest BCUT2D eigenvalue weighted by molar-refractivity contribution is -0.134. The minimum absolute atomic E-state index is 0. The maximum atomic E-state index is 11.1. The van der Waals surface area contributed by atoms with Crippen molar-refractivity contribution in [1.82, 2.24) is 4.90 Å². The lowest BCUT2D eigenvalue weighted by Gasteiger charge is -2.36. The van der Waals surface area contributed by atoms with E-state index >= 15 is 0 Å². The van der Waals surface area contributed by atoms with Gasteiger partial charge in [0.15, 0.2) is 0 Å². The van der Waals surface area contributed by atoms with E-state index in [-0.39, 0.29) is 11.4 Å². The molecule has 9 heteroatoms. The number of nitrogens with zero attached hydrogens (tertiary/aromatic N) is 1. The maximum absolute atomic E-state index is 11.1. The predicted octanol–water partition coefficient (Wildman–Crippen LogP) is 5.46. The van der Waals surface area contributed by atoms with E-state index in [2.05, 4.69) is 72.6 Å². The molecule has 0 radical (unpaired) electrons. The largest absolute Gasteiger partial charge is 0.494 e. The number of aliphatic carboxylic acids is 2. The Balaban J connectivity index is 0.000000662. The summed E-state index contributed by atoms with van der Waals surface area (Å²) in [6.45, 7) is 9.89. The molecule has 1 fully saturated rings. The smallest absolute Gasteiger partial charge is 0.328 e. The molecule has 236 valence electrons. The summed E-state index contributed by atoms with van der Waals surface area (Å²) in [5, 5.41) is 18.4. The number of anilines is 1. The average Bonchev–Trinajstić information content (AvgIpc) is 2.98. The Morgan fingerprint density at radius 3 is 1.75 bits per heavy atom. The van der Waals surface area contributed by atoms with Gasteiger partial charge in [-0.15, -0.1) is 0 Å². The third kappa shape index (κ3) is 12.4. The minimum Gasteiger partial charge on any atom is -0.494 e. The van der Waals surface area contributed by atoms with E-state index in [4.69, 9.17) is 14.9 Å². The third-order valence-corrected chi connectivity index (χ3v) is 7.41. The number of carboxylic acid groups (broad SMARTS) is 2. The number of carboxylic acids is 2. The van der Waals surface area contributed by atoms with Crippen molar-refractivity contribution in [2.24, 2.45) is 5.92 Å². The summed E-state index contributed by atoms with van der Waals surface area (Å²) < 4.78 is 5.91. The number of piperidine rings is 1. The highest BCUT2D eigenvalue weighted by molar-refractivity contribution is 5.89. The van der Waals surface area contributed by atoms with Crippen LogP contribution in [-0.2, 0) is 14.4 Å². The van der Waals surface area contributed by atoms with Crippen LogP contribution >= 0.6 is 0 Å². The highest BCUT2D eigenvalue weighted by Gasteiger charge is 2.28. The molecule has 1 amide bonds. The summed E-state index contributed by atoms with van der Waals surface area (Å²) in [7, 11) is 0. The number of hydrogen-bond acceptors (Lipinski definition) is 5. The molecule has 9 nitrogen and oxygen atoms in total. The Morgan fingerprint density at radius 1 is 0.841 bits per heavy atom. The normalized spacial score (nSPS) is 13.5. The first kappa shape index (κ1) is 35.7. The number of ether oxygens (including phenoxy) is 1. The first-order chi connectivity index (χ1) is 20.6. The molecule has 0 atom stereocenters. The van der Waals surface area contributed by atoms with E-state index in [1.54, 1.807) is 0 Å². The maximum Gasteiger partial charge on any atom is 0.328 e. The minimum atomic E-state index is -1.26. The van der Waals surface area contributed by atoms with E-state index in [0.717, 1.165) is 37.5 Å². The molecule has 3 aromatic carbocycles. The second-order valence-corrected chi connectivity index (χ2v) is 10.9. The van der Waals surface area contributed by atoms with Gasteiger partial charge in [-0.2, -0.15) is 0 Å². The van der Waals surface area contributed by atoms with Gasteiger partial charge in [-0.3, -0.25) is 4.79 Å². The molecule has 0 spiro atoms. The van der Waals surface area contributed by atoms with Crippen LogP contribution in [0.1, 0.15) is 54.4 Å². The molecule has 0 unspecified atom stereocenters. The van der Waals surface area contributed by atoms with E-state index < -0.39 is 11.9 Å². The molecule has 0 aliphatic carbocycles. The van der Waals surface area contributed by atoms with Gasteiger partial charge in [0.05, 0.1) is 6.61 Å². The Morgan fingerprint density at radius 2 is 1.32 bits per heavy atom. The third-order valence-electron chi connectivity index (χ3n) is 7.41. The van der Waals surface area contributed by atoms with Crippen molar-refractivity contribution < 1.29 is 34.8 Å². The summed E-state index contributed by atoms with van der Waals surface area (Å²) in [4.78, 5) is 32.8. The monoisotopic (exact) mass is 604 g/mol. The fraction of sp³-hybridized carbons (Fsp3) is 0.343. The van der Waals surface area contributed by atoms with Crippen molar-refractivity contribution in [1.29, 1.82) is 0 Å². The highest BCUT2D eigenvalue weighted by atomic mass is 16.5. The molecule has 5 N–H and O–H groups in total. The molecule has 3 aromatic rings. The van der Waals surface area contributed by atoms with Gasteiger partial charge < -0.3 is 30.6 Å². The number of carbonyl (C=O) groups is 3. The molecular formula is C35H44N2O7. The molecule has 44 heavy (non-hydrogen) atoms. The first-order valence-electron chi connectivity index (χ1n) is 14.6. The zero-order valence-electron chi connectivity index (χ0n) is 25.7. The summed E-state index contributed by atoms with van der Waals surface area (Å²) in [6, 6.07) is 25.9. The molecule has 1 aliphatic rings. The molecule has 1 aliphatic heterocycles. The number of aryl methyl sites for hydroxylation is 2. The van der Waals surface area contributed by atoms with E-state index in [9.17, 15) is 14.4 Å². The van der Waals surface area contributed by atoms with Crippen LogP contribution < -0.4 is 10.1 Å². The second kappa shape index (κ2) is 18.3. The van der Waals surface area contributed by atoms with Crippen molar-refractivity contribution in [2.45, 2.75) is 46.0 Å². The van der Waals surface area contributed by atoms with E-state index in [1.165, 1.54) is 42.0 Å². The van der Waals surface area contributed by atoms with Gasteiger partial charge in [0.2, 0.25) is 5.91 Å². The van der Waals surface area contributed by atoms with Gasteiger partial charge in [0.1, 0.15) is 5.75 Å². The van der Waals surface area contributed by atoms with Crippen molar-refractivity contribution in [3.8, 4) is 5.75 Å². The van der Waals surface area contributed by atoms with Crippen LogP contribution in [0.5, 0.6) is 5.75 Å². The Kier molecular flexibility index (Phi) is 14.8. The van der Waals surface area contributed by atoms with Crippen LogP contribution in [0.3, 0.4) is 0 Å². The SMILES string of the molecule is CC(=O)Nc1ccc(OCCCN2CCC(C(c3ccc(C)cc3)c3ccc(C)cc3)CC2)cc1.O.O=C(O)C=CC(=O)O. The fourth-order valence-electron chi connectivity index (χ4n) is 5.25. The number of amides is 1. The van der Waals surface area contributed by atoms with Crippen molar-refractivity contribution in [3.05, 3.63) is 107 Å². The van der Waals surface area contributed by atoms with Crippen LogP contribution in [0.2, 0.25) is 0 Å². The quantitative estimate of drug-likeness (QED) is 0.194. The van der Waals surface area contributed by atoms with Crippen LogP contribution in [-0.4, -0.2) is 64.7 Å². The topological polar surface area (TPSA) is 148 Å². The number of carbonyl (C=O) groups excluding carboxylic acids is 1. The Labute approximate surface area is 259 Å². The van der Waals surface area contributed by atoms with Gasteiger partial charge in [0, 0.05) is 37.2 Å². The van der Waals surface area contributed by atoms with Crippen LogP contribution in [0, 0.1) is 19.8 Å². The molecule has 1 saturated heterocycles. The van der Waals surface area contributed by atoms with Crippen LogP contribution in [0.4, 0.5) is 5.69 Å². The van der Waals surface area contributed by atoms with Gasteiger partial charge >= 0.3 is 11.9 Å². The second-order valence-electron chi connectivity index (χ2n) is 10.9. The number of benzene rings is 3. The Bertz CT molecular complexity index is 1280. The van der Waals surface area contributed by atoms with Crippen LogP contribution in [0.25, 0.3) is 0 Å². The van der Waals surface area contributed by atoms with Gasteiger partial charge in [-0.1, -0.05) is 59.7 Å². The standard InChI is InChI=1S/C31H38N2O2.C4H4O4.H2O/c1-23-5-9-26(10-6-23)31(27-11-7-24(2)8-12-27)28-17-20-33(21-18-28)19-4-22-35-30-15-13-29(14-16-30)32-25(3)34;5-3(6)1-2-4(7)8;/h5-16,28,31H,4,17-22H2,1-3H3,(H,32,34);1-2H,(H,5,6)(H,7,8);1H2. The number of hydrogen-bond donors (Lipinski definition) is 3. The number of likely N-dealkylation sites (tertiary alicyclic amines) is 1. The van der Waals surface area contributed by atoms with E-state index in [0.29, 0.717) is 30.6 Å². The lowest BCUT2D eigenvalue weighted by Crippen LogP contribution is -2.36. The van der Waals surface area contributed by atoms with Gasteiger partial charge in [0.25, 0.3) is 0 Å². The zero-order valence-corrected chi connectivity index (χ0v) is 25.7. The van der Waals surface area contributed by atoms with Crippen molar-refractivity contribution in [3.63, 3.8) is 0 Å². The van der Waals surface area contributed by atoms with Crippen molar-refractivity contribution in [2.75, 3.05) is 31.6 Å². The highest BCUT2D eigenvalue weighted by Crippen LogP contribution is 2.38. The summed E-state index contributed by atoms with van der Waals surface area (Å²) in [5.41, 5.74) is 6.31. The lowest BCUT2D eigenvalue weighted by atomic mass is 9.76. The summed E-state index contributed by atoms with van der Waals surface area (Å²) >= 11 is 0.